The summed E-state index contributed by atoms with van der Waals surface area (Å²) in [5, 5.41) is 0. The van der Waals surface area contributed by atoms with Crippen molar-refractivity contribution in [2.45, 2.75) is 19.3 Å². The van der Waals surface area contributed by atoms with Gasteiger partial charge in [-0.2, -0.15) is 0 Å². The lowest BCUT2D eigenvalue weighted by Crippen LogP contribution is -2.37. The van der Waals surface area contributed by atoms with Gasteiger partial charge >= 0.3 is 0 Å². The molecule has 1 atom stereocenters. The summed E-state index contributed by atoms with van der Waals surface area (Å²) in [7, 11) is 8.74. The summed E-state index contributed by atoms with van der Waals surface area (Å²) in [5.74, 6) is 1.91. The number of methoxy groups -OCH3 is 3. The van der Waals surface area contributed by atoms with Crippen LogP contribution in [0.3, 0.4) is 0 Å². The number of rotatable bonds is 8. The van der Waals surface area contributed by atoms with Gasteiger partial charge in [-0.3, -0.25) is 4.79 Å². The van der Waals surface area contributed by atoms with Crippen LogP contribution in [-0.2, 0) is 4.79 Å². The van der Waals surface area contributed by atoms with Gasteiger partial charge in [0.1, 0.15) is 0 Å². The van der Waals surface area contributed by atoms with E-state index >= 15 is 0 Å². The molecule has 1 saturated carbocycles. The number of Topliss-reactive ketones (excluding diaryl/α,β-unsaturated/α-hetero) is 1. The van der Waals surface area contributed by atoms with Gasteiger partial charge in [-0.25, -0.2) is 0 Å². The van der Waals surface area contributed by atoms with Crippen LogP contribution >= 0.6 is 0 Å². The van der Waals surface area contributed by atoms with Crippen molar-refractivity contribution < 1.29 is 19.0 Å². The highest BCUT2D eigenvalue weighted by Crippen LogP contribution is 2.44. The SMILES string of the molecule is C=CCC1(CN(C)C)CC/C(=C\c2cc(OC)c(OC)c(OC)c2)C1=O. The summed E-state index contributed by atoms with van der Waals surface area (Å²) in [6.45, 7) is 4.57. The molecule has 0 saturated heterocycles. The first-order chi connectivity index (χ1) is 12.4. The highest BCUT2D eigenvalue weighted by molar-refractivity contribution is 6.06. The molecular formula is C21H29NO4. The molecule has 1 aromatic carbocycles. The molecule has 142 valence electrons. The minimum atomic E-state index is -0.377. The van der Waals surface area contributed by atoms with Gasteiger partial charge in [0, 0.05) is 12.0 Å². The molecule has 0 heterocycles. The molecule has 0 radical (unpaired) electrons. The number of benzene rings is 1. The van der Waals surface area contributed by atoms with Crippen LogP contribution in [-0.4, -0.2) is 52.7 Å². The normalized spacial score (nSPS) is 21.3. The average molecular weight is 359 g/mol. The van der Waals surface area contributed by atoms with Gasteiger partial charge in [0.15, 0.2) is 17.3 Å². The van der Waals surface area contributed by atoms with Crippen molar-refractivity contribution in [3.05, 3.63) is 35.9 Å². The van der Waals surface area contributed by atoms with Crippen molar-refractivity contribution >= 4 is 11.9 Å². The predicted molar refractivity (Wildman–Crippen MR) is 104 cm³/mol. The number of carbonyl (C=O) groups is 1. The Balaban J connectivity index is 2.41. The van der Waals surface area contributed by atoms with Gasteiger partial charge in [0.05, 0.1) is 21.3 Å². The average Bonchev–Trinajstić information content (AvgIpc) is 2.90. The van der Waals surface area contributed by atoms with E-state index in [-0.39, 0.29) is 11.2 Å². The first-order valence-electron chi connectivity index (χ1n) is 8.71. The van der Waals surface area contributed by atoms with E-state index in [1.54, 1.807) is 21.3 Å². The number of allylic oxidation sites excluding steroid dienone is 2. The van der Waals surface area contributed by atoms with E-state index in [9.17, 15) is 4.79 Å². The van der Waals surface area contributed by atoms with Crippen LogP contribution in [0.1, 0.15) is 24.8 Å². The summed E-state index contributed by atoms with van der Waals surface area (Å²) in [6, 6.07) is 3.72. The van der Waals surface area contributed by atoms with E-state index in [4.69, 9.17) is 14.2 Å². The first-order valence-corrected chi connectivity index (χ1v) is 8.71. The second-order valence-corrected chi connectivity index (χ2v) is 6.97. The van der Waals surface area contributed by atoms with Crippen LogP contribution in [0.5, 0.6) is 17.2 Å². The van der Waals surface area contributed by atoms with Crippen LogP contribution < -0.4 is 14.2 Å². The Hall–Kier alpha value is -2.27. The lowest BCUT2D eigenvalue weighted by atomic mass is 9.81. The number of nitrogens with zero attached hydrogens (tertiary/aromatic N) is 1. The van der Waals surface area contributed by atoms with E-state index < -0.39 is 0 Å². The summed E-state index contributed by atoms with van der Waals surface area (Å²) < 4.78 is 16.2. The fourth-order valence-corrected chi connectivity index (χ4v) is 3.76. The lowest BCUT2D eigenvalue weighted by molar-refractivity contribution is -0.123. The smallest absolute Gasteiger partial charge is 0.203 e. The number of ether oxygens (including phenoxy) is 3. The Morgan fingerprint density at radius 1 is 1.15 bits per heavy atom. The Morgan fingerprint density at radius 2 is 1.77 bits per heavy atom. The Labute approximate surface area is 156 Å². The Bertz CT molecular complexity index is 683. The molecule has 0 amide bonds. The molecule has 0 N–H and O–H groups in total. The molecule has 0 bridgehead atoms. The molecule has 0 spiro atoms. The topological polar surface area (TPSA) is 48.0 Å². The van der Waals surface area contributed by atoms with Gasteiger partial charge in [0.25, 0.3) is 0 Å². The quantitative estimate of drug-likeness (QED) is 0.524. The maximum Gasteiger partial charge on any atom is 0.203 e. The van der Waals surface area contributed by atoms with E-state index in [0.29, 0.717) is 23.7 Å². The number of ketones is 1. The standard InChI is InChI=1S/C21H29NO4/c1-7-9-21(14-22(2)3)10-8-16(20(21)23)11-15-12-17(24-4)19(26-6)18(13-15)25-5/h7,11-13H,1,8-10,14H2,2-6H3/b16-11+. The molecule has 5 heteroatoms. The fraction of sp³-hybridized carbons (Fsp3) is 0.476. The fourth-order valence-electron chi connectivity index (χ4n) is 3.76. The van der Waals surface area contributed by atoms with Crippen LogP contribution in [0, 0.1) is 5.41 Å². The first kappa shape index (κ1) is 20.0. The zero-order chi connectivity index (χ0) is 19.3. The summed E-state index contributed by atoms with van der Waals surface area (Å²) in [4.78, 5) is 15.2. The van der Waals surface area contributed by atoms with Crippen molar-refractivity contribution in [3.8, 4) is 17.2 Å². The molecule has 1 aromatic rings. The van der Waals surface area contributed by atoms with Crippen molar-refractivity contribution in [2.24, 2.45) is 5.41 Å². The highest BCUT2D eigenvalue weighted by Gasteiger charge is 2.44. The number of hydrogen-bond donors (Lipinski definition) is 0. The van der Waals surface area contributed by atoms with Crippen molar-refractivity contribution in [1.29, 1.82) is 0 Å². The summed E-state index contributed by atoms with van der Waals surface area (Å²) in [5.41, 5.74) is 1.32. The Morgan fingerprint density at radius 3 is 2.23 bits per heavy atom. The zero-order valence-corrected chi connectivity index (χ0v) is 16.4. The molecule has 0 aliphatic heterocycles. The van der Waals surface area contributed by atoms with Gasteiger partial charge in [-0.15, -0.1) is 6.58 Å². The van der Waals surface area contributed by atoms with Gasteiger partial charge in [-0.1, -0.05) is 6.08 Å². The van der Waals surface area contributed by atoms with Crippen molar-refractivity contribution in [2.75, 3.05) is 42.0 Å². The zero-order valence-electron chi connectivity index (χ0n) is 16.4. The van der Waals surface area contributed by atoms with Crippen LogP contribution in [0.4, 0.5) is 0 Å². The van der Waals surface area contributed by atoms with Crippen LogP contribution in [0.15, 0.2) is 30.4 Å². The van der Waals surface area contributed by atoms with Gasteiger partial charge in [0.2, 0.25) is 5.75 Å². The second kappa shape index (κ2) is 8.41. The number of hydrogen-bond acceptors (Lipinski definition) is 5. The molecule has 1 unspecified atom stereocenters. The van der Waals surface area contributed by atoms with Crippen LogP contribution in [0.2, 0.25) is 0 Å². The monoisotopic (exact) mass is 359 g/mol. The molecule has 1 aliphatic rings. The molecule has 1 fully saturated rings. The third kappa shape index (κ3) is 3.93. The predicted octanol–water partition coefficient (Wildman–Crippen LogP) is 3.58. The third-order valence-electron chi connectivity index (χ3n) is 4.83. The van der Waals surface area contributed by atoms with Crippen LogP contribution in [0.25, 0.3) is 6.08 Å². The second-order valence-electron chi connectivity index (χ2n) is 6.97. The molecule has 26 heavy (non-hydrogen) atoms. The van der Waals surface area contributed by atoms with E-state index in [1.807, 2.05) is 38.4 Å². The minimum Gasteiger partial charge on any atom is -0.493 e. The lowest BCUT2D eigenvalue weighted by Gasteiger charge is -2.29. The summed E-state index contributed by atoms with van der Waals surface area (Å²) in [6.07, 6.45) is 6.08. The van der Waals surface area contributed by atoms with Crippen molar-refractivity contribution in [1.82, 2.24) is 4.90 Å². The minimum absolute atomic E-state index is 0.208. The van der Waals surface area contributed by atoms with E-state index in [2.05, 4.69) is 11.5 Å². The molecule has 0 aromatic heterocycles. The van der Waals surface area contributed by atoms with Gasteiger partial charge < -0.3 is 19.1 Å². The molecular weight excluding hydrogens is 330 g/mol. The maximum absolute atomic E-state index is 13.2. The van der Waals surface area contributed by atoms with Gasteiger partial charge in [-0.05, 0) is 62.7 Å². The van der Waals surface area contributed by atoms with Crippen molar-refractivity contribution in [3.63, 3.8) is 0 Å². The Kier molecular flexibility index (Phi) is 6.48. The number of carbonyl (C=O) groups excluding carboxylic acids is 1. The maximum atomic E-state index is 13.2. The molecule has 5 nitrogen and oxygen atoms in total. The molecule has 2 rings (SSSR count). The molecule has 1 aliphatic carbocycles. The summed E-state index contributed by atoms with van der Waals surface area (Å²) >= 11 is 0. The largest absolute Gasteiger partial charge is 0.493 e. The third-order valence-corrected chi connectivity index (χ3v) is 4.83. The van der Waals surface area contributed by atoms with E-state index in [1.165, 1.54) is 0 Å². The highest BCUT2D eigenvalue weighted by atomic mass is 16.5. The van der Waals surface area contributed by atoms with E-state index in [0.717, 1.165) is 30.5 Å².